The number of nitrogens with one attached hydrogen (secondary N) is 1. The molecule has 0 saturated carbocycles. The third kappa shape index (κ3) is 4.57. The van der Waals surface area contributed by atoms with Crippen molar-refractivity contribution < 1.29 is 23.8 Å². The molecule has 1 unspecified atom stereocenters. The number of aliphatic carboxylic acids is 1. The molecule has 1 amide bonds. The smallest absolute Gasteiger partial charge is 0.326 e. The number of carbonyl (C=O) groups excluding carboxylic acids is 1. The molecule has 1 aromatic carbocycles. The zero-order valence-electron chi connectivity index (χ0n) is 10.7. The average Bonchev–Trinajstić information content (AvgIpc) is 2.35. The summed E-state index contributed by atoms with van der Waals surface area (Å²) < 4.78 is 18.2. The summed E-state index contributed by atoms with van der Waals surface area (Å²) >= 11 is 0. The number of ether oxygens (including phenoxy) is 1. The third-order valence-electron chi connectivity index (χ3n) is 2.50. The van der Waals surface area contributed by atoms with Gasteiger partial charge in [-0.2, -0.15) is 0 Å². The highest BCUT2D eigenvalue weighted by Crippen LogP contribution is 2.13. The van der Waals surface area contributed by atoms with Gasteiger partial charge in [0.05, 0.1) is 0 Å². The van der Waals surface area contributed by atoms with Crippen molar-refractivity contribution >= 4 is 11.9 Å². The van der Waals surface area contributed by atoms with E-state index in [0.717, 1.165) is 6.07 Å². The molecule has 104 valence electrons. The normalized spacial score (nSPS) is 13.4. The minimum atomic E-state index is -1.10. The first kappa shape index (κ1) is 14.9. The predicted octanol–water partition coefficient (Wildman–Crippen LogP) is 1.57. The second-order valence-electron chi connectivity index (χ2n) is 4.03. The van der Waals surface area contributed by atoms with Gasteiger partial charge in [-0.3, -0.25) is 4.79 Å². The summed E-state index contributed by atoms with van der Waals surface area (Å²) in [5, 5.41) is 11.2. The van der Waals surface area contributed by atoms with Gasteiger partial charge in [-0.15, -0.1) is 0 Å². The lowest BCUT2D eigenvalue weighted by Gasteiger charge is -2.17. The lowest BCUT2D eigenvalue weighted by atomic mass is 10.2. The Morgan fingerprint density at radius 1 is 1.47 bits per heavy atom. The fourth-order valence-corrected chi connectivity index (χ4v) is 1.43. The van der Waals surface area contributed by atoms with Crippen LogP contribution in [-0.4, -0.2) is 29.1 Å². The van der Waals surface area contributed by atoms with Crippen molar-refractivity contribution in [2.24, 2.45) is 0 Å². The Balaban J connectivity index is 2.60. The number of benzene rings is 1. The van der Waals surface area contributed by atoms with Crippen LogP contribution in [0.25, 0.3) is 0 Å². The van der Waals surface area contributed by atoms with Gasteiger partial charge < -0.3 is 15.2 Å². The molecule has 0 radical (unpaired) electrons. The second kappa shape index (κ2) is 6.72. The van der Waals surface area contributed by atoms with Crippen LogP contribution in [0.2, 0.25) is 0 Å². The molecule has 0 spiro atoms. The van der Waals surface area contributed by atoms with Crippen molar-refractivity contribution in [2.75, 3.05) is 0 Å². The molecule has 6 heteroatoms. The van der Waals surface area contributed by atoms with Crippen molar-refractivity contribution in [2.45, 2.75) is 32.4 Å². The van der Waals surface area contributed by atoms with E-state index in [9.17, 15) is 14.0 Å². The van der Waals surface area contributed by atoms with Crippen molar-refractivity contribution in [1.82, 2.24) is 5.32 Å². The molecule has 0 aliphatic rings. The van der Waals surface area contributed by atoms with Gasteiger partial charge in [0.1, 0.15) is 17.6 Å². The van der Waals surface area contributed by atoms with Gasteiger partial charge in [-0.05, 0) is 25.5 Å². The van der Waals surface area contributed by atoms with Crippen molar-refractivity contribution in [1.29, 1.82) is 0 Å². The summed E-state index contributed by atoms with van der Waals surface area (Å²) in [7, 11) is 0. The average molecular weight is 269 g/mol. The van der Waals surface area contributed by atoms with E-state index in [2.05, 4.69) is 5.32 Å². The number of carboxylic acids is 1. The topological polar surface area (TPSA) is 75.6 Å². The number of halogens is 1. The van der Waals surface area contributed by atoms with E-state index in [4.69, 9.17) is 9.84 Å². The highest BCUT2D eigenvalue weighted by molar-refractivity contribution is 5.86. The first-order valence-corrected chi connectivity index (χ1v) is 5.89. The van der Waals surface area contributed by atoms with E-state index in [1.54, 1.807) is 6.92 Å². The maximum Gasteiger partial charge on any atom is 0.326 e. The van der Waals surface area contributed by atoms with Crippen molar-refractivity contribution in [3.63, 3.8) is 0 Å². The number of amides is 1. The van der Waals surface area contributed by atoms with Crippen molar-refractivity contribution in [3.8, 4) is 5.75 Å². The second-order valence-corrected chi connectivity index (χ2v) is 4.03. The van der Waals surface area contributed by atoms with Crippen LogP contribution in [-0.2, 0) is 9.59 Å². The van der Waals surface area contributed by atoms with Crippen LogP contribution in [0, 0.1) is 5.82 Å². The van der Waals surface area contributed by atoms with Crippen LogP contribution in [0.5, 0.6) is 5.75 Å². The summed E-state index contributed by atoms with van der Waals surface area (Å²) in [5.74, 6) is -1.92. The fourth-order valence-electron chi connectivity index (χ4n) is 1.43. The standard InChI is InChI=1S/C13H16FNO4/c1-3-11(13(17)18)15-12(16)8(2)19-10-6-4-5-9(14)7-10/h4-8,11H,3H2,1-2H3,(H,15,16)(H,17,18)/t8?,11-/m0/s1. The molecule has 1 rings (SSSR count). The van der Waals surface area contributed by atoms with Gasteiger partial charge in [0.2, 0.25) is 0 Å². The molecule has 5 nitrogen and oxygen atoms in total. The number of rotatable bonds is 6. The molecule has 0 aliphatic carbocycles. The summed E-state index contributed by atoms with van der Waals surface area (Å²) in [6.45, 7) is 3.12. The van der Waals surface area contributed by atoms with Gasteiger partial charge >= 0.3 is 5.97 Å². The Morgan fingerprint density at radius 3 is 2.68 bits per heavy atom. The van der Waals surface area contributed by atoms with Gasteiger partial charge in [-0.25, -0.2) is 9.18 Å². The number of hydrogen-bond acceptors (Lipinski definition) is 3. The lowest BCUT2D eigenvalue weighted by molar-refractivity contribution is -0.143. The maximum atomic E-state index is 12.9. The molecule has 0 saturated heterocycles. The SMILES string of the molecule is CC[C@H](NC(=O)C(C)Oc1cccc(F)c1)C(=O)O. The molecule has 0 heterocycles. The van der Waals surface area contributed by atoms with E-state index in [1.165, 1.54) is 25.1 Å². The minimum Gasteiger partial charge on any atom is -0.481 e. The Labute approximate surface area is 110 Å². The molecule has 2 N–H and O–H groups in total. The Morgan fingerprint density at radius 2 is 2.16 bits per heavy atom. The zero-order chi connectivity index (χ0) is 14.4. The highest BCUT2D eigenvalue weighted by Gasteiger charge is 2.22. The Hall–Kier alpha value is -2.11. The number of carbonyl (C=O) groups is 2. The zero-order valence-corrected chi connectivity index (χ0v) is 10.7. The van der Waals surface area contributed by atoms with E-state index in [-0.39, 0.29) is 12.2 Å². The summed E-state index contributed by atoms with van der Waals surface area (Å²) in [5.41, 5.74) is 0. The highest BCUT2D eigenvalue weighted by atomic mass is 19.1. The summed E-state index contributed by atoms with van der Waals surface area (Å²) in [6.07, 6.45) is -0.636. The fraction of sp³-hybridized carbons (Fsp3) is 0.385. The van der Waals surface area contributed by atoms with E-state index < -0.39 is 29.8 Å². The van der Waals surface area contributed by atoms with Crippen LogP contribution >= 0.6 is 0 Å². The van der Waals surface area contributed by atoms with Gasteiger partial charge in [0, 0.05) is 6.07 Å². The molecular formula is C13H16FNO4. The predicted molar refractivity (Wildman–Crippen MR) is 66.3 cm³/mol. The quantitative estimate of drug-likeness (QED) is 0.822. The van der Waals surface area contributed by atoms with Gasteiger partial charge in [0.25, 0.3) is 5.91 Å². The van der Waals surface area contributed by atoms with Gasteiger partial charge in [-0.1, -0.05) is 13.0 Å². The maximum absolute atomic E-state index is 12.9. The lowest BCUT2D eigenvalue weighted by Crippen LogP contribution is -2.45. The molecule has 0 aliphatic heterocycles. The van der Waals surface area contributed by atoms with E-state index in [1.807, 2.05) is 0 Å². The molecule has 19 heavy (non-hydrogen) atoms. The van der Waals surface area contributed by atoms with Crippen LogP contribution in [0.1, 0.15) is 20.3 Å². The molecular weight excluding hydrogens is 253 g/mol. The van der Waals surface area contributed by atoms with E-state index in [0.29, 0.717) is 0 Å². The first-order chi connectivity index (χ1) is 8.93. The first-order valence-electron chi connectivity index (χ1n) is 5.89. The van der Waals surface area contributed by atoms with Crippen LogP contribution < -0.4 is 10.1 Å². The van der Waals surface area contributed by atoms with Crippen LogP contribution in [0.15, 0.2) is 24.3 Å². The Bertz CT molecular complexity index is 464. The molecule has 0 bridgehead atoms. The van der Waals surface area contributed by atoms with Crippen molar-refractivity contribution in [3.05, 3.63) is 30.1 Å². The largest absolute Gasteiger partial charge is 0.481 e. The third-order valence-corrected chi connectivity index (χ3v) is 2.50. The Kier molecular flexibility index (Phi) is 5.29. The molecule has 0 aromatic heterocycles. The monoisotopic (exact) mass is 269 g/mol. The van der Waals surface area contributed by atoms with Crippen LogP contribution in [0.3, 0.4) is 0 Å². The summed E-state index contributed by atoms with van der Waals surface area (Å²) in [4.78, 5) is 22.5. The van der Waals surface area contributed by atoms with Crippen LogP contribution in [0.4, 0.5) is 4.39 Å². The summed E-state index contributed by atoms with van der Waals surface area (Å²) in [6, 6.07) is 4.43. The van der Waals surface area contributed by atoms with Gasteiger partial charge in [0.15, 0.2) is 6.10 Å². The number of hydrogen-bond donors (Lipinski definition) is 2. The van der Waals surface area contributed by atoms with E-state index >= 15 is 0 Å². The number of carboxylic acid groups (broad SMARTS) is 1. The molecule has 0 fully saturated rings. The molecule has 1 aromatic rings. The molecule has 2 atom stereocenters. The minimum absolute atomic E-state index is 0.214.